The Morgan fingerprint density at radius 1 is 1.19 bits per heavy atom. The number of benzene rings is 1. The molecule has 1 aromatic carbocycles. The summed E-state index contributed by atoms with van der Waals surface area (Å²) >= 11 is 0. The minimum absolute atomic E-state index is 0.0128. The first-order chi connectivity index (χ1) is 10.1. The van der Waals surface area contributed by atoms with Gasteiger partial charge in [0, 0.05) is 38.3 Å². The predicted octanol–water partition coefficient (Wildman–Crippen LogP) is 2.09. The van der Waals surface area contributed by atoms with Crippen LogP contribution < -0.4 is 5.32 Å². The molecule has 112 valence electrons. The number of rotatable bonds is 1. The number of nitrogens with one attached hydrogen (secondary N) is 1. The lowest BCUT2D eigenvalue weighted by molar-refractivity contribution is -0.130. The summed E-state index contributed by atoms with van der Waals surface area (Å²) in [7, 11) is 0. The van der Waals surface area contributed by atoms with E-state index < -0.39 is 0 Å². The molecular formula is C16H21N3O2. The van der Waals surface area contributed by atoms with E-state index in [4.69, 9.17) is 0 Å². The number of urea groups is 1. The molecule has 2 heterocycles. The van der Waals surface area contributed by atoms with Gasteiger partial charge in [0.05, 0.1) is 0 Å². The van der Waals surface area contributed by atoms with Crippen LogP contribution in [0.5, 0.6) is 0 Å². The second kappa shape index (κ2) is 5.76. The molecule has 2 aliphatic rings. The zero-order chi connectivity index (χ0) is 14.8. The van der Waals surface area contributed by atoms with Crippen LogP contribution in [0.1, 0.15) is 25.3 Å². The zero-order valence-corrected chi connectivity index (χ0v) is 12.3. The lowest BCUT2D eigenvalue weighted by Gasteiger charge is -2.37. The van der Waals surface area contributed by atoms with Crippen molar-refractivity contribution in [2.24, 2.45) is 0 Å². The Balaban J connectivity index is 1.68. The van der Waals surface area contributed by atoms with E-state index in [9.17, 15) is 9.59 Å². The van der Waals surface area contributed by atoms with Gasteiger partial charge in [-0.2, -0.15) is 0 Å². The second-order valence-corrected chi connectivity index (χ2v) is 5.77. The number of hydrogen-bond donors (Lipinski definition) is 1. The fourth-order valence-corrected chi connectivity index (χ4v) is 3.23. The van der Waals surface area contributed by atoms with Crippen molar-refractivity contribution in [1.29, 1.82) is 0 Å². The van der Waals surface area contributed by atoms with Crippen LogP contribution in [-0.4, -0.2) is 47.4 Å². The number of fused-ring (bicyclic) bond motifs is 1. The van der Waals surface area contributed by atoms with Crippen LogP contribution in [0.15, 0.2) is 24.3 Å². The average molecular weight is 287 g/mol. The molecule has 5 nitrogen and oxygen atoms in total. The fraction of sp³-hybridized carbons (Fsp3) is 0.500. The smallest absolute Gasteiger partial charge is 0.322 e. The molecule has 1 fully saturated rings. The van der Waals surface area contributed by atoms with Crippen LogP contribution in [0, 0.1) is 0 Å². The van der Waals surface area contributed by atoms with Gasteiger partial charge in [-0.3, -0.25) is 4.79 Å². The van der Waals surface area contributed by atoms with Crippen molar-refractivity contribution in [1.82, 2.24) is 9.80 Å². The van der Waals surface area contributed by atoms with Gasteiger partial charge in [-0.25, -0.2) is 4.79 Å². The van der Waals surface area contributed by atoms with Gasteiger partial charge in [-0.1, -0.05) is 18.2 Å². The summed E-state index contributed by atoms with van der Waals surface area (Å²) in [5.74, 6) is 0.126. The highest BCUT2D eigenvalue weighted by Crippen LogP contribution is 2.24. The number of likely N-dealkylation sites (tertiary alicyclic amines) is 1. The molecule has 5 heteroatoms. The van der Waals surface area contributed by atoms with Gasteiger partial charge in [0.2, 0.25) is 5.91 Å². The van der Waals surface area contributed by atoms with E-state index in [2.05, 4.69) is 11.4 Å². The van der Waals surface area contributed by atoms with E-state index in [0.29, 0.717) is 0 Å². The zero-order valence-electron chi connectivity index (χ0n) is 12.3. The van der Waals surface area contributed by atoms with Gasteiger partial charge in [-0.05, 0) is 30.9 Å². The molecule has 1 N–H and O–H groups in total. The van der Waals surface area contributed by atoms with Crippen molar-refractivity contribution in [2.75, 3.05) is 25.0 Å². The van der Waals surface area contributed by atoms with Crippen LogP contribution in [0.4, 0.5) is 10.5 Å². The standard InChI is InChI=1S/C16H21N3O2/c1-12(20)18-9-7-14(8-10-18)19-11-6-13-4-2-3-5-15(13)17-16(19)21/h2-5,14H,6-11H2,1H3,(H,17,21). The first-order valence-corrected chi connectivity index (χ1v) is 7.56. The normalized spacial score (nSPS) is 19.8. The SMILES string of the molecule is CC(=O)N1CCC(N2CCc3ccccc3NC2=O)CC1. The van der Waals surface area contributed by atoms with Gasteiger partial charge in [-0.15, -0.1) is 0 Å². The predicted molar refractivity (Wildman–Crippen MR) is 81.1 cm³/mol. The Morgan fingerprint density at radius 3 is 2.62 bits per heavy atom. The van der Waals surface area contributed by atoms with Crippen molar-refractivity contribution in [3.63, 3.8) is 0 Å². The van der Waals surface area contributed by atoms with Crippen LogP contribution >= 0.6 is 0 Å². The largest absolute Gasteiger partial charge is 0.343 e. The monoisotopic (exact) mass is 287 g/mol. The number of nitrogens with zero attached hydrogens (tertiary/aromatic N) is 2. The van der Waals surface area contributed by atoms with Gasteiger partial charge in [0.15, 0.2) is 0 Å². The number of amides is 3. The molecule has 3 rings (SSSR count). The maximum Gasteiger partial charge on any atom is 0.322 e. The van der Waals surface area contributed by atoms with Crippen molar-refractivity contribution in [3.05, 3.63) is 29.8 Å². The molecule has 0 saturated carbocycles. The average Bonchev–Trinajstić information content (AvgIpc) is 2.65. The highest BCUT2D eigenvalue weighted by Gasteiger charge is 2.30. The van der Waals surface area contributed by atoms with Crippen LogP contribution in [0.25, 0.3) is 0 Å². The highest BCUT2D eigenvalue weighted by molar-refractivity contribution is 5.91. The molecule has 0 bridgehead atoms. The minimum atomic E-state index is -0.0128. The summed E-state index contributed by atoms with van der Waals surface area (Å²) in [5.41, 5.74) is 2.11. The Hall–Kier alpha value is -2.04. The lowest BCUT2D eigenvalue weighted by atomic mass is 10.0. The molecule has 3 amide bonds. The summed E-state index contributed by atoms with van der Waals surface area (Å²) in [6.45, 7) is 3.84. The molecule has 0 spiro atoms. The Kier molecular flexibility index (Phi) is 3.82. The number of anilines is 1. The number of carbonyl (C=O) groups is 2. The third-order valence-corrected chi connectivity index (χ3v) is 4.49. The van der Waals surface area contributed by atoms with Crippen LogP contribution in [0.2, 0.25) is 0 Å². The molecule has 0 unspecified atom stereocenters. The number of hydrogen-bond acceptors (Lipinski definition) is 2. The molecule has 21 heavy (non-hydrogen) atoms. The van der Waals surface area contributed by atoms with E-state index in [0.717, 1.165) is 44.6 Å². The van der Waals surface area contributed by atoms with E-state index in [1.165, 1.54) is 5.56 Å². The van der Waals surface area contributed by atoms with Gasteiger partial charge < -0.3 is 15.1 Å². The van der Waals surface area contributed by atoms with Crippen molar-refractivity contribution in [3.8, 4) is 0 Å². The first-order valence-electron chi connectivity index (χ1n) is 7.56. The van der Waals surface area contributed by atoms with Gasteiger partial charge in [0.25, 0.3) is 0 Å². The molecule has 1 aromatic rings. The van der Waals surface area contributed by atoms with Crippen molar-refractivity contribution in [2.45, 2.75) is 32.2 Å². The topological polar surface area (TPSA) is 52.7 Å². The second-order valence-electron chi connectivity index (χ2n) is 5.77. The quantitative estimate of drug-likeness (QED) is 0.860. The molecule has 0 radical (unpaired) electrons. The Bertz CT molecular complexity index is 550. The van der Waals surface area contributed by atoms with Gasteiger partial charge in [0.1, 0.15) is 0 Å². The molecular weight excluding hydrogens is 266 g/mol. The van der Waals surface area contributed by atoms with Crippen LogP contribution in [0.3, 0.4) is 0 Å². The maximum atomic E-state index is 12.4. The molecule has 1 saturated heterocycles. The van der Waals surface area contributed by atoms with Gasteiger partial charge >= 0.3 is 6.03 Å². The van der Waals surface area contributed by atoms with E-state index >= 15 is 0 Å². The first kappa shape index (κ1) is 13.9. The van der Waals surface area contributed by atoms with E-state index in [1.807, 2.05) is 28.0 Å². The third kappa shape index (κ3) is 2.86. The summed E-state index contributed by atoms with van der Waals surface area (Å²) in [6.07, 6.45) is 2.61. The molecule has 2 aliphatic heterocycles. The Labute approximate surface area is 124 Å². The Morgan fingerprint density at radius 2 is 1.90 bits per heavy atom. The van der Waals surface area contributed by atoms with Crippen molar-refractivity contribution < 1.29 is 9.59 Å². The molecule has 0 aromatic heterocycles. The van der Waals surface area contributed by atoms with E-state index in [-0.39, 0.29) is 18.0 Å². The highest BCUT2D eigenvalue weighted by atomic mass is 16.2. The van der Waals surface area contributed by atoms with Crippen molar-refractivity contribution >= 4 is 17.6 Å². The molecule has 0 atom stereocenters. The molecule has 0 aliphatic carbocycles. The number of piperidine rings is 1. The number of carbonyl (C=O) groups excluding carboxylic acids is 2. The summed E-state index contributed by atoms with van der Waals surface area (Å²) in [6, 6.07) is 8.19. The summed E-state index contributed by atoms with van der Waals surface area (Å²) in [4.78, 5) is 27.6. The minimum Gasteiger partial charge on any atom is -0.343 e. The fourth-order valence-electron chi connectivity index (χ4n) is 3.23. The summed E-state index contributed by atoms with van der Waals surface area (Å²) < 4.78 is 0. The number of para-hydroxylation sites is 1. The lowest BCUT2D eigenvalue weighted by Crippen LogP contribution is -2.49. The third-order valence-electron chi connectivity index (χ3n) is 4.49. The van der Waals surface area contributed by atoms with E-state index in [1.54, 1.807) is 6.92 Å². The van der Waals surface area contributed by atoms with Crippen LogP contribution in [-0.2, 0) is 11.2 Å². The maximum absolute atomic E-state index is 12.4. The summed E-state index contributed by atoms with van der Waals surface area (Å²) in [5, 5.41) is 3.01.